The van der Waals surface area contributed by atoms with E-state index in [2.05, 4.69) is 10.5 Å². The number of urea groups is 1. The number of primary amides is 1. The van der Waals surface area contributed by atoms with Crippen LogP contribution < -0.4 is 20.6 Å². The molecule has 0 radical (unpaired) electrons. The Morgan fingerprint density at radius 1 is 1.61 bits per heavy atom. The maximum absolute atomic E-state index is 10.4. The first-order valence-corrected chi connectivity index (χ1v) is 4.93. The van der Waals surface area contributed by atoms with Crippen molar-refractivity contribution in [1.82, 2.24) is 5.43 Å². The first-order chi connectivity index (χ1) is 8.67. The predicted octanol–water partition coefficient (Wildman–Crippen LogP) is 0.600. The summed E-state index contributed by atoms with van der Waals surface area (Å²) in [6.45, 7) is -0.0625. The summed E-state index contributed by atoms with van der Waals surface area (Å²) in [6, 6.07) is 6.11. The number of nitrogens with two attached hydrogens (primary N) is 1. The number of methoxy groups -OCH3 is 1. The Morgan fingerprint density at radius 3 is 3.00 bits per heavy atom. The summed E-state index contributed by atoms with van der Waals surface area (Å²) in [5.41, 5.74) is 7.61. The fourth-order valence-corrected chi connectivity index (χ4v) is 1.16. The van der Waals surface area contributed by atoms with Crippen LogP contribution in [0.1, 0.15) is 5.56 Å². The Hall–Kier alpha value is -2.75. The molecule has 0 spiro atoms. The highest BCUT2D eigenvalue weighted by Gasteiger charge is 2.04. The second kappa shape index (κ2) is 6.75. The van der Waals surface area contributed by atoms with Gasteiger partial charge in [0.05, 0.1) is 13.3 Å². The second-order valence-electron chi connectivity index (χ2n) is 3.09. The number of carbonyl (C=O) groups is 1. The van der Waals surface area contributed by atoms with Crippen LogP contribution in [0, 0.1) is 11.3 Å². The molecular weight excluding hydrogens is 236 g/mol. The highest BCUT2D eigenvalue weighted by Crippen LogP contribution is 2.27. The molecule has 2 amide bonds. The highest BCUT2D eigenvalue weighted by atomic mass is 16.5. The van der Waals surface area contributed by atoms with Gasteiger partial charge in [-0.2, -0.15) is 10.4 Å². The van der Waals surface area contributed by atoms with Crippen molar-refractivity contribution >= 4 is 12.2 Å². The van der Waals surface area contributed by atoms with Gasteiger partial charge in [-0.3, -0.25) is 0 Å². The van der Waals surface area contributed by atoms with Crippen molar-refractivity contribution < 1.29 is 14.3 Å². The first kappa shape index (κ1) is 13.3. The maximum atomic E-state index is 10.4. The summed E-state index contributed by atoms with van der Waals surface area (Å²) in [4.78, 5) is 10.4. The Kier molecular flexibility index (Phi) is 4.99. The van der Waals surface area contributed by atoms with Crippen LogP contribution in [-0.2, 0) is 0 Å². The van der Waals surface area contributed by atoms with Crippen LogP contribution in [0.25, 0.3) is 0 Å². The average molecular weight is 248 g/mol. The molecule has 0 atom stereocenters. The minimum Gasteiger partial charge on any atom is -0.493 e. The van der Waals surface area contributed by atoms with Gasteiger partial charge in [-0.1, -0.05) is 0 Å². The molecule has 0 bridgehead atoms. The largest absolute Gasteiger partial charge is 0.493 e. The fraction of sp³-hybridized carbons (Fsp3) is 0.182. The number of hydrogen-bond acceptors (Lipinski definition) is 5. The van der Waals surface area contributed by atoms with Crippen LogP contribution in [0.15, 0.2) is 23.3 Å². The third-order valence-corrected chi connectivity index (χ3v) is 1.87. The molecule has 0 aliphatic rings. The first-order valence-electron chi connectivity index (χ1n) is 4.93. The molecule has 7 heteroatoms. The van der Waals surface area contributed by atoms with Crippen LogP contribution in [0.4, 0.5) is 4.79 Å². The SMILES string of the molecule is COc1cc(C=NNC(N)=O)ccc1OCC#N. The molecule has 0 aliphatic heterocycles. The van der Waals surface area contributed by atoms with E-state index in [-0.39, 0.29) is 6.61 Å². The topological polar surface area (TPSA) is 110 Å². The third-order valence-electron chi connectivity index (χ3n) is 1.87. The molecule has 3 N–H and O–H groups in total. The Balaban J connectivity index is 2.81. The zero-order chi connectivity index (χ0) is 13.4. The van der Waals surface area contributed by atoms with Crippen molar-refractivity contribution in [1.29, 1.82) is 5.26 Å². The summed E-state index contributed by atoms with van der Waals surface area (Å²) in [5.74, 6) is 0.923. The van der Waals surface area contributed by atoms with E-state index in [1.54, 1.807) is 18.2 Å². The van der Waals surface area contributed by atoms with Crippen molar-refractivity contribution in [2.24, 2.45) is 10.8 Å². The quantitative estimate of drug-likeness (QED) is 0.587. The van der Waals surface area contributed by atoms with E-state index >= 15 is 0 Å². The van der Waals surface area contributed by atoms with Crippen LogP contribution >= 0.6 is 0 Å². The average Bonchev–Trinajstić information content (AvgIpc) is 2.36. The molecule has 7 nitrogen and oxygen atoms in total. The van der Waals surface area contributed by atoms with Crippen molar-refractivity contribution in [3.05, 3.63) is 23.8 Å². The lowest BCUT2D eigenvalue weighted by atomic mass is 10.2. The van der Waals surface area contributed by atoms with E-state index in [9.17, 15) is 4.79 Å². The molecular formula is C11H12N4O3. The van der Waals surface area contributed by atoms with Gasteiger partial charge >= 0.3 is 6.03 Å². The molecule has 0 saturated heterocycles. The van der Waals surface area contributed by atoms with Gasteiger partial charge in [-0.25, -0.2) is 10.2 Å². The predicted molar refractivity (Wildman–Crippen MR) is 64.4 cm³/mol. The van der Waals surface area contributed by atoms with Gasteiger partial charge in [0.25, 0.3) is 0 Å². The van der Waals surface area contributed by atoms with Crippen molar-refractivity contribution in [2.75, 3.05) is 13.7 Å². The monoisotopic (exact) mass is 248 g/mol. The number of ether oxygens (including phenoxy) is 2. The molecule has 18 heavy (non-hydrogen) atoms. The zero-order valence-corrected chi connectivity index (χ0v) is 9.71. The number of hydrogen-bond donors (Lipinski definition) is 2. The molecule has 0 aromatic heterocycles. The van der Waals surface area contributed by atoms with E-state index in [1.807, 2.05) is 6.07 Å². The smallest absolute Gasteiger partial charge is 0.332 e. The molecule has 1 aromatic rings. The summed E-state index contributed by atoms with van der Waals surface area (Å²) < 4.78 is 10.3. The fourth-order valence-electron chi connectivity index (χ4n) is 1.16. The number of nitrogens with one attached hydrogen (secondary N) is 1. The van der Waals surface area contributed by atoms with E-state index in [1.165, 1.54) is 13.3 Å². The van der Waals surface area contributed by atoms with Crippen LogP contribution in [0.2, 0.25) is 0 Å². The molecule has 0 saturated carbocycles. The molecule has 1 aromatic carbocycles. The molecule has 0 aliphatic carbocycles. The van der Waals surface area contributed by atoms with Gasteiger partial charge in [0, 0.05) is 0 Å². The van der Waals surface area contributed by atoms with Gasteiger partial charge in [0.1, 0.15) is 6.07 Å². The standard InChI is InChI=1S/C11H12N4O3/c1-17-10-6-8(7-14-15-11(13)16)2-3-9(10)18-5-4-12/h2-3,6-7H,5H2,1H3,(H3,13,15,16). The minimum atomic E-state index is -0.743. The Morgan fingerprint density at radius 2 is 2.39 bits per heavy atom. The second-order valence-corrected chi connectivity index (χ2v) is 3.09. The summed E-state index contributed by atoms with van der Waals surface area (Å²) in [7, 11) is 1.48. The number of nitrogens with zero attached hydrogens (tertiary/aromatic N) is 2. The minimum absolute atomic E-state index is 0.0625. The van der Waals surface area contributed by atoms with Gasteiger partial charge in [-0.05, 0) is 23.8 Å². The summed E-state index contributed by atoms with van der Waals surface area (Å²) in [6.07, 6.45) is 1.40. The normalized spacial score (nSPS) is 9.78. The number of hydrazone groups is 1. The molecule has 0 heterocycles. The van der Waals surface area contributed by atoms with Crippen LogP contribution in [0.5, 0.6) is 11.5 Å². The van der Waals surface area contributed by atoms with Gasteiger partial charge in [0.15, 0.2) is 18.1 Å². The lowest BCUT2D eigenvalue weighted by molar-refractivity contribution is 0.249. The van der Waals surface area contributed by atoms with Gasteiger partial charge in [0.2, 0.25) is 0 Å². The lowest BCUT2D eigenvalue weighted by Gasteiger charge is -2.08. The Labute approximate surface area is 104 Å². The number of carbonyl (C=O) groups excluding carboxylic acids is 1. The lowest BCUT2D eigenvalue weighted by Crippen LogP contribution is -2.24. The highest BCUT2D eigenvalue weighted by molar-refractivity contribution is 5.82. The van der Waals surface area contributed by atoms with Gasteiger partial charge < -0.3 is 15.2 Å². The molecule has 94 valence electrons. The summed E-state index contributed by atoms with van der Waals surface area (Å²) in [5, 5.41) is 12.0. The van der Waals surface area contributed by atoms with Crippen molar-refractivity contribution in [3.63, 3.8) is 0 Å². The van der Waals surface area contributed by atoms with Crippen LogP contribution in [-0.4, -0.2) is 26.0 Å². The van der Waals surface area contributed by atoms with Crippen molar-refractivity contribution in [3.8, 4) is 17.6 Å². The number of benzene rings is 1. The zero-order valence-electron chi connectivity index (χ0n) is 9.71. The molecule has 1 rings (SSSR count). The Bertz CT molecular complexity index is 494. The third kappa shape index (κ3) is 4.02. The number of nitriles is 1. The van der Waals surface area contributed by atoms with E-state index in [0.717, 1.165) is 0 Å². The van der Waals surface area contributed by atoms with E-state index < -0.39 is 6.03 Å². The molecule has 0 unspecified atom stereocenters. The van der Waals surface area contributed by atoms with E-state index in [0.29, 0.717) is 17.1 Å². The maximum Gasteiger partial charge on any atom is 0.332 e. The van der Waals surface area contributed by atoms with Crippen LogP contribution in [0.3, 0.4) is 0 Å². The van der Waals surface area contributed by atoms with Crippen molar-refractivity contribution in [2.45, 2.75) is 0 Å². The number of rotatable bonds is 5. The van der Waals surface area contributed by atoms with Gasteiger partial charge in [-0.15, -0.1) is 0 Å². The summed E-state index contributed by atoms with van der Waals surface area (Å²) >= 11 is 0. The molecule has 0 fully saturated rings. The number of amides is 2. The van der Waals surface area contributed by atoms with E-state index in [4.69, 9.17) is 20.5 Å².